The van der Waals surface area contributed by atoms with E-state index in [0.717, 1.165) is 17.7 Å². The van der Waals surface area contributed by atoms with Crippen molar-refractivity contribution in [2.24, 2.45) is 5.92 Å². The second-order valence-electron chi connectivity index (χ2n) is 6.96. The Kier molecular flexibility index (Phi) is 6.26. The minimum atomic E-state index is -1.04. The zero-order valence-corrected chi connectivity index (χ0v) is 16.4. The molecule has 1 aliphatic heterocycles. The number of para-hydroxylation sites is 1. The van der Waals surface area contributed by atoms with E-state index >= 15 is 0 Å². The van der Waals surface area contributed by atoms with Crippen molar-refractivity contribution >= 4 is 29.2 Å². The van der Waals surface area contributed by atoms with Gasteiger partial charge < -0.3 is 15.0 Å². The van der Waals surface area contributed by atoms with Crippen molar-refractivity contribution in [1.82, 2.24) is 0 Å². The van der Waals surface area contributed by atoms with Crippen LogP contribution in [0.2, 0.25) is 0 Å². The molecule has 2 aromatic carbocycles. The Morgan fingerprint density at radius 3 is 2.59 bits per heavy atom. The number of ether oxygens (including phenoxy) is 1. The summed E-state index contributed by atoms with van der Waals surface area (Å²) in [6.45, 7) is 3.69. The number of carbonyl (C=O) groups is 3. The molecule has 152 valence electrons. The first kappa shape index (κ1) is 20.5. The van der Waals surface area contributed by atoms with Crippen LogP contribution >= 0.6 is 0 Å². The molecule has 0 spiro atoms. The molecule has 0 aromatic heterocycles. The molecule has 0 radical (unpaired) electrons. The number of hydrogen-bond acceptors (Lipinski definition) is 4. The molecule has 1 N–H and O–H groups in total. The predicted molar refractivity (Wildman–Crippen MR) is 107 cm³/mol. The van der Waals surface area contributed by atoms with Gasteiger partial charge in [-0.3, -0.25) is 14.4 Å². The monoisotopic (exact) mass is 398 g/mol. The van der Waals surface area contributed by atoms with Crippen LogP contribution in [0.1, 0.15) is 25.8 Å². The molecule has 0 saturated carbocycles. The van der Waals surface area contributed by atoms with E-state index in [1.54, 1.807) is 4.90 Å². The molecule has 2 amide bonds. The Morgan fingerprint density at radius 2 is 1.90 bits per heavy atom. The third kappa shape index (κ3) is 4.80. The van der Waals surface area contributed by atoms with E-state index < -0.39 is 29.7 Å². The van der Waals surface area contributed by atoms with Gasteiger partial charge in [-0.1, -0.05) is 25.1 Å². The summed E-state index contributed by atoms with van der Waals surface area (Å²) in [5.74, 6) is -2.30. The van der Waals surface area contributed by atoms with Crippen molar-refractivity contribution < 1.29 is 23.5 Å². The van der Waals surface area contributed by atoms with Crippen LogP contribution in [0.15, 0.2) is 48.5 Å². The third-order valence-corrected chi connectivity index (χ3v) is 4.90. The number of aryl methyl sites for hydroxylation is 1. The Morgan fingerprint density at radius 1 is 1.21 bits per heavy atom. The quantitative estimate of drug-likeness (QED) is 0.758. The van der Waals surface area contributed by atoms with Crippen LogP contribution < -0.4 is 10.2 Å². The summed E-state index contributed by atoms with van der Waals surface area (Å²) in [5, 5.41) is 2.56. The molecular weight excluding hydrogens is 375 g/mol. The molecule has 0 unspecified atom stereocenters. The molecule has 1 saturated heterocycles. The summed E-state index contributed by atoms with van der Waals surface area (Å²) in [7, 11) is 0. The molecule has 3 rings (SSSR count). The van der Waals surface area contributed by atoms with E-state index in [4.69, 9.17) is 4.74 Å². The summed E-state index contributed by atoms with van der Waals surface area (Å²) in [5.41, 5.74) is 2.23. The molecular formula is C22H23FN2O4. The summed E-state index contributed by atoms with van der Waals surface area (Å²) < 4.78 is 18.2. The van der Waals surface area contributed by atoms with Gasteiger partial charge in [0.1, 0.15) is 5.82 Å². The molecule has 1 heterocycles. The molecule has 29 heavy (non-hydrogen) atoms. The van der Waals surface area contributed by atoms with Gasteiger partial charge in [0.05, 0.1) is 5.92 Å². The van der Waals surface area contributed by atoms with Gasteiger partial charge in [0, 0.05) is 24.3 Å². The van der Waals surface area contributed by atoms with Crippen LogP contribution in [0.25, 0.3) is 0 Å². The zero-order chi connectivity index (χ0) is 21.0. The lowest BCUT2D eigenvalue weighted by Crippen LogP contribution is -2.33. The molecule has 1 fully saturated rings. The van der Waals surface area contributed by atoms with Crippen LogP contribution in [-0.2, 0) is 25.5 Å². The lowest BCUT2D eigenvalue weighted by Gasteiger charge is -2.20. The van der Waals surface area contributed by atoms with Crippen molar-refractivity contribution in [2.75, 3.05) is 16.8 Å². The van der Waals surface area contributed by atoms with Crippen molar-refractivity contribution in [3.05, 3.63) is 59.9 Å². The summed E-state index contributed by atoms with van der Waals surface area (Å²) in [6, 6.07) is 12.9. The predicted octanol–water partition coefficient (Wildman–Crippen LogP) is 3.31. The first-order valence-electron chi connectivity index (χ1n) is 9.54. The average Bonchev–Trinajstić information content (AvgIpc) is 3.11. The number of carbonyl (C=O) groups excluding carboxylic acids is 3. The Hall–Kier alpha value is -3.22. The van der Waals surface area contributed by atoms with E-state index in [9.17, 15) is 18.8 Å². The first-order valence-corrected chi connectivity index (χ1v) is 9.54. The summed E-state index contributed by atoms with van der Waals surface area (Å²) in [4.78, 5) is 38.8. The number of esters is 1. The normalized spacial score (nSPS) is 17.1. The maximum atomic E-state index is 12.9. The van der Waals surface area contributed by atoms with E-state index in [2.05, 4.69) is 5.32 Å². The topological polar surface area (TPSA) is 75.7 Å². The largest absolute Gasteiger partial charge is 0.452 e. The molecule has 2 atom stereocenters. The SMILES string of the molecule is CCc1ccccc1N1C[C@@H](C(=O)O[C@@H](C)C(=O)Nc2ccc(F)cc2)CC1=O. The smallest absolute Gasteiger partial charge is 0.312 e. The highest BCUT2D eigenvalue weighted by Crippen LogP contribution is 2.29. The van der Waals surface area contributed by atoms with Gasteiger partial charge in [-0.15, -0.1) is 0 Å². The van der Waals surface area contributed by atoms with Crippen molar-refractivity contribution in [3.8, 4) is 0 Å². The third-order valence-electron chi connectivity index (χ3n) is 4.90. The second-order valence-corrected chi connectivity index (χ2v) is 6.96. The van der Waals surface area contributed by atoms with Crippen LogP contribution in [0, 0.1) is 11.7 Å². The van der Waals surface area contributed by atoms with Crippen LogP contribution in [0.4, 0.5) is 15.8 Å². The standard InChI is InChI=1S/C22H23FN2O4/c1-3-15-6-4-5-7-19(15)25-13-16(12-20(25)26)22(28)29-14(2)21(27)24-18-10-8-17(23)9-11-18/h4-11,14,16H,3,12-13H2,1-2H3,(H,24,27)/t14-,16-/m0/s1. The van der Waals surface area contributed by atoms with Gasteiger partial charge in [-0.2, -0.15) is 0 Å². The van der Waals surface area contributed by atoms with E-state index in [0.29, 0.717) is 5.69 Å². The van der Waals surface area contributed by atoms with Gasteiger partial charge >= 0.3 is 5.97 Å². The van der Waals surface area contributed by atoms with Gasteiger partial charge in [0.2, 0.25) is 5.91 Å². The molecule has 0 bridgehead atoms. The Labute approximate surface area is 168 Å². The van der Waals surface area contributed by atoms with E-state index in [1.807, 2.05) is 31.2 Å². The summed E-state index contributed by atoms with van der Waals surface area (Å²) in [6.07, 6.45) is -0.224. The number of hydrogen-bond donors (Lipinski definition) is 1. The maximum Gasteiger partial charge on any atom is 0.312 e. The highest BCUT2D eigenvalue weighted by atomic mass is 19.1. The lowest BCUT2D eigenvalue weighted by molar-refractivity contribution is -0.157. The van der Waals surface area contributed by atoms with Crippen LogP contribution in [0.5, 0.6) is 0 Å². The highest BCUT2D eigenvalue weighted by Gasteiger charge is 2.37. The van der Waals surface area contributed by atoms with E-state index in [-0.39, 0.29) is 18.9 Å². The molecule has 7 heteroatoms. The number of anilines is 2. The lowest BCUT2D eigenvalue weighted by atomic mass is 10.1. The van der Waals surface area contributed by atoms with Crippen molar-refractivity contribution in [3.63, 3.8) is 0 Å². The fraction of sp³-hybridized carbons (Fsp3) is 0.318. The number of benzene rings is 2. The highest BCUT2D eigenvalue weighted by molar-refractivity contribution is 6.01. The number of nitrogens with one attached hydrogen (secondary N) is 1. The maximum absolute atomic E-state index is 12.9. The number of amides is 2. The summed E-state index contributed by atoms with van der Waals surface area (Å²) >= 11 is 0. The van der Waals surface area contributed by atoms with Gasteiger partial charge in [0.15, 0.2) is 6.10 Å². The molecule has 1 aliphatic rings. The van der Waals surface area contributed by atoms with E-state index in [1.165, 1.54) is 31.2 Å². The van der Waals surface area contributed by atoms with Gasteiger partial charge in [-0.05, 0) is 49.2 Å². The van der Waals surface area contributed by atoms with Crippen LogP contribution in [0.3, 0.4) is 0 Å². The minimum Gasteiger partial charge on any atom is -0.452 e. The fourth-order valence-corrected chi connectivity index (χ4v) is 3.27. The minimum absolute atomic E-state index is 0.0448. The molecule has 2 aromatic rings. The van der Waals surface area contributed by atoms with Crippen LogP contribution in [-0.4, -0.2) is 30.4 Å². The average molecular weight is 398 g/mol. The number of rotatable bonds is 6. The van der Waals surface area contributed by atoms with Gasteiger partial charge in [0.25, 0.3) is 5.91 Å². The van der Waals surface area contributed by atoms with Gasteiger partial charge in [-0.25, -0.2) is 4.39 Å². The van der Waals surface area contributed by atoms with Crippen molar-refractivity contribution in [1.29, 1.82) is 0 Å². The second kappa shape index (κ2) is 8.86. The number of halogens is 1. The fourth-order valence-electron chi connectivity index (χ4n) is 3.27. The molecule has 0 aliphatic carbocycles. The number of nitrogens with zero attached hydrogens (tertiary/aromatic N) is 1. The molecule has 6 nitrogen and oxygen atoms in total. The van der Waals surface area contributed by atoms with Crippen molar-refractivity contribution in [2.45, 2.75) is 32.8 Å². The Balaban J connectivity index is 1.60. The first-order chi connectivity index (χ1) is 13.9. The zero-order valence-electron chi connectivity index (χ0n) is 16.4. The Bertz CT molecular complexity index is 913.